The van der Waals surface area contributed by atoms with Gasteiger partial charge in [-0.25, -0.2) is 0 Å². The minimum Gasteiger partial charge on any atom is -0.317 e. The fourth-order valence-corrected chi connectivity index (χ4v) is 9.21. The molecule has 1 aliphatic heterocycles. The standard InChI is InChI=1S/C12H27NSi/c1-11(2)13(12(3,4)5)14(6)9-7-8-10-14/h11H,7-10H2,1-6H3. The summed E-state index contributed by atoms with van der Waals surface area (Å²) >= 11 is 0. The van der Waals surface area contributed by atoms with E-state index in [2.05, 4.69) is 45.7 Å². The van der Waals surface area contributed by atoms with Crippen LogP contribution >= 0.6 is 0 Å². The summed E-state index contributed by atoms with van der Waals surface area (Å²) in [6, 6.07) is 3.75. The van der Waals surface area contributed by atoms with Crippen LogP contribution in [-0.4, -0.2) is 24.4 Å². The van der Waals surface area contributed by atoms with Crippen LogP contribution in [0.5, 0.6) is 0 Å². The number of rotatable bonds is 2. The van der Waals surface area contributed by atoms with Crippen LogP contribution in [0, 0.1) is 0 Å². The summed E-state index contributed by atoms with van der Waals surface area (Å²) in [4.78, 5) is 0. The third-order valence-corrected chi connectivity index (χ3v) is 8.71. The van der Waals surface area contributed by atoms with E-state index >= 15 is 0 Å². The molecule has 2 heteroatoms. The minimum absolute atomic E-state index is 0.361. The van der Waals surface area contributed by atoms with E-state index in [0.717, 1.165) is 0 Å². The van der Waals surface area contributed by atoms with Crippen molar-refractivity contribution in [3.63, 3.8) is 0 Å². The van der Waals surface area contributed by atoms with Gasteiger partial charge in [-0.15, -0.1) is 0 Å². The van der Waals surface area contributed by atoms with Crippen molar-refractivity contribution in [1.29, 1.82) is 0 Å². The fourth-order valence-electron chi connectivity index (χ4n) is 3.59. The molecule has 0 saturated carbocycles. The Labute approximate surface area is 91.0 Å². The number of hydrogen-bond acceptors (Lipinski definition) is 1. The highest BCUT2D eigenvalue weighted by molar-refractivity contribution is 6.76. The minimum atomic E-state index is -1.08. The Morgan fingerprint density at radius 2 is 1.50 bits per heavy atom. The van der Waals surface area contributed by atoms with Crippen molar-refractivity contribution in [2.24, 2.45) is 0 Å². The van der Waals surface area contributed by atoms with Crippen molar-refractivity contribution >= 4 is 8.24 Å². The first-order valence-electron chi connectivity index (χ1n) is 6.07. The Balaban J connectivity index is 2.87. The number of nitrogens with zero attached hydrogens (tertiary/aromatic N) is 1. The molecule has 14 heavy (non-hydrogen) atoms. The zero-order chi connectivity index (χ0) is 11.0. The lowest BCUT2D eigenvalue weighted by molar-refractivity contribution is 0.197. The van der Waals surface area contributed by atoms with Crippen LogP contribution in [0.3, 0.4) is 0 Å². The van der Waals surface area contributed by atoms with E-state index in [1.807, 2.05) is 0 Å². The Morgan fingerprint density at radius 3 is 1.79 bits per heavy atom. The smallest absolute Gasteiger partial charge is 0.126 e. The maximum Gasteiger partial charge on any atom is 0.126 e. The molecule has 0 amide bonds. The van der Waals surface area contributed by atoms with Gasteiger partial charge in [-0.1, -0.05) is 33.2 Å². The van der Waals surface area contributed by atoms with Crippen LogP contribution in [0.4, 0.5) is 0 Å². The van der Waals surface area contributed by atoms with Crippen molar-refractivity contribution in [3.8, 4) is 0 Å². The average Bonchev–Trinajstić information content (AvgIpc) is 2.31. The van der Waals surface area contributed by atoms with Gasteiger partial charge in [0.25, 0.3) is 0 Å². The van der Waals surface area contributed by atoms with Crippen LogP contribution in [0.25, 0.3) is 0 Å². The van der Waals surface area contributed by atoms with Crippen LogP contribution < -0.4 is 0 Å². The molecule has 0 aromatic carbocycles. The summed E-state index contributed by atoms with van der Waals surface area (Å²) in [5, 5.41) is 0. The van der Waals surface area contributed by atoms with Gasteiger partial charge < -0.3 is 4.57 Å². The van der Waals surface area contributed by atoms with Gasteiger partial charge >= 0.3 is 0 Å². The third-order valence-electron chi connectivity index (χ3n) is 3.50. The lowest BCUT2D eigenvalue weighted by atomic mass is 10.1. The normalized spacial score (nSPS) is 22.3. The Bertz CT molecular complexity index is 187. The Kier molecular flexibility index (Phi) is 3.48. The Morgan fingerprint density at radius 1 is 1.07 bits per heavy atom. The highest BCUT2D eigenvalue weighted by Gasteiger charge is 2.43. The Hall–Kier alpha value is 0.177. The largest absolute Gasteiger partial charge is 0.317 e. The van der Waals surface area contributed by atoms with Crippen LogP contribution in [0.2, 0.25) is 18.6 Å². The molecule has 0 radical (unpaired) electrons. The van der Waals surface area contributed by atoms with Crippen molar-refractivity contribution in [2.75, 3.05) is 0 Å². The lowest BCUT2D eigenvalue weighted by Crippen LogP contribution is -2.60. The SMILES string of the molecule is CC(C)N(C(C)(C)C)[Si]1(C)CCCC1. The second-order valence-electron chi connectivity index (χ2n) is 6.34. The maximum atomic E-state index is 2.85. The van der Waals surface area contributed by atoms with Gasteiger partial charge in [0.15, 0.2) is 0 Å². The highest BCUT2D eigenvalue weighted by Crippen LogP contribution is 2.38. The predicted molar refractivity (Wildman–Crippen MR) is 67.2 cm³/mol. The molecule has 0 aliphatic carbocycles. The monoisotopic (exact) mass is 213 g/mol. The van der Waals surface area contributed by atoms with Crippen molar-refractivity contribution in [2.45, 2.75) is 77.7 Å². The molecule has 0 spiro atoms. The molecule has 1 fully saturated rings. The van der Waals surface area contributed by atoms with E-state index in [4.69, 9.17) is 0 Å². The topological polar surface area (TPSA) is 3.24 Å². The zero-order valence-corrected chi connectivity index (χ0v) is 11.9. The van der Waals surface area contributed by atoms with Crippen LogP contribution in [-0.2, 0) is 0 Å². The van der Waals surface area contributed by atoms with Gasteiger partial charge in [-0.05, 0) is 38.9 Å². The van der Waals surface area contributed by atoms with Crippen LogP contribution in [0.1, 0.15) is 47.5 Å². The average molecular weight is 213 g/mol. The van der Waals surface area contributed by atoms with Crippen molar-refractivity contribution < 1.29 is 0 Å². The second-order valence-corrected chi connectivity index (χ2v) is 10.8. The first kappa shape index (κ1) is 12.2. The summed E-state index contributed by atoms with van der Waals surface area (Å²) in [6.45, 7) is 14.4. The van der Waals surface area contributed by atoms with Crippen LogP contribution in [0.15, 0.2) is 0 Å². The van der Waals surface area contributed by atoms with E-state index in [0.29, 0.717) is 11.6 Å². The van der Waals surface area contributed by atoms with Gasteiger partial charge in [0, 0.05) is 5.54 Å². The predicted octanol–water partition coefficient (Wildman–Crippen LogP) is 3.86. The summed E-state index contributed by atoms with van der Waals surface area (Å²) in [5.41, 5.74) is 0.361. The molecule has 84 valence electrons. The summed E-state index contributed by atoms with van der Waals surface area (Å²) in [5.74, 6) is 0. The molecule has 0 aromatic rings. The van der Waals surface area contributed by atoms with Crippen molar-refractivity contribution in [3.05, 3.63) is 0 Å². The maximum absolute atomic E-state index is 2.85. The van der Waals surface area contributed by atoms with E-state index in [1.54, 1.807) is 0 Å². The molecule has 1 aliphatic rings. The van der Waals surface area contributed by atoms with Gasteiger partial charge in [0.1, 0.15) is 8.24 Å². The fraction of sp³-hybridized carbons (Fsp3) is 1.00. The van der Waals surface area contributed by atoms with Crippen molar-refractivity contribution in [1.82, 2.24) is 4.57 Å². The number of hydrogen-bond donors (Lipinski definition) is 0. The summed E-state index contributed by atoms with van der Waals surface area (Å²) in [6.07, 6.45) is 2.95. The molecule has 0 bridgehead atoms. The molecule has 1 nitrogen and oxygen atoms in total. The summed E-state index contributed by atoms with van der Waals surface area (Å²) < 4.78 is 2.85. The molecule has 0 atom stereocenters. The van der Waals surface area contributed by atoms with E-state index in [1.165, 1.54) is 24.9 Å². The lowest BCUT2D eigenvalue weighted by Gasteiger charge is -2.49. The molecule has 0 unspecified atom stereocenters. The van der Waals surface area contributed by atoms with Gasteiger partial charge in [-0.2, -0.15) is 0 Å². The van der Waals surface area contributed by atoms with E-state index in [9.17, 15) is 0 Å². The molecular formula is C12H27NSi. The molecular weight excluding hydrogens is 186 g/mol. The first-order valence-corrected chi connectivity index (χ1v) is 8.93. The molecule has 1 saturated heterocycles. The van der Waals surface area contributed by atoms with Gasteiger partial charge in [0.05, 0.1) is 0 Å². The van der Waals surface area contributed by atoms with E-state index < -0.39 is 8.24 Å². The van der Waals surface area contributed by atoms with E-state index in [-0.39, 0.29) is 0 Å². The van der Waals surface area contributed by atoms with Gasteiger partial charge in [-0.3, -0.25) is 0 Å². The first-order chi connectivity index (χ1) is 6.27. The molecule has 1 heterocycles. The van der Waals surface area contributed by atoms with Gasteiger partial charge in [0.2, 0.25) is 0 Å². The quantitative estimate of drug-likeness (QED) is 0.630. The third kappa shape index (κ3) is 2.40. The molecule has 0 aromatic heterocycles. The highest BCUT2D eigenvalue weighted by atomic mass is 28.3. The zero-order valence-electron chi connectivity index (χ0n) is 10.9. The molecule has 1 rings (SSSR count). The second kappa shape index (κ2) is 3.97. The summed E-state index contributed by atoms with van der Waals surface area (Å²) in [7, 11) is -1.08. The molecule has 0 N–H and O–H groups in total.